The lowest BCUT2D eigenvalue weighted by Crippen LogP contribution is -2.51. The molecular formula is C16H31N3OS. The van der Waals surface area contributed by atoms with Gasteiger partial charge in [-0.2, -0.15) is 11.8 Å². The van der Waals surface area contributed by atoms with Gasteiger partial charge in [0, 0.05) is 38.8 Å². The fraction of sp³-hybridized carbons (Fsp3) is 1.00. The Bertz CT molecular complexity index is 317. The van der Waals surface area contributed by atoms with Crippen molar-refractivity contribution in [2.75, 3.05) is 57.4 Å². The van der Waals surface area contributed by atoms with Gasteiger partial charge < -0.3 is 15.4 Å². The van der Waals surface area contributed by atoms with Crippen LogP contribution in [0.25, 0.3) is 0 Å². The van der Waals surface area contributed by atoms with Crippen molar-refractivity contribution in [3.63, 3.8) is 0 Å². The Hall–Kier alpha value is 0.190. The Balaban J connectivity index is 1.55. The standard InChI is InChI=1S/C16H31N3OS/c17-5-8-18-6-1-7-19(10-9-18)15-2-11-20-16(14-15)3-12-21-13-4-16/h15H,1-14,17H2. The van der Waals surface area contributed by atoms with E-state index in [1.807, 2.05) is 0 Å². The zero-order valence-electron chi connectivity index (χ0n) is 13.3. The van der Waals surface area contributed by atoms with E-state index in [9.17, 15) is 0 Å². The highest BCUT2D eigenvalue weighted by Crippen LogP contribution is 2.39. The Morgan fingerprint density at radius 2 is 2.00 bits per heavy atom. The summed E-state index contributed by atoms with van der Waals surface area (Å²) in [5, 5.41) is 0. The SMILES string of the molecule is NCCN1CCCN(C2CCOC3(CCSCC3)C2)CC1. The number of nitrogens with zero attached hydrogens (tertiary/aromatic N) is 2. The third-order valence-corrected chi connectivity index (χ3v) is 6.44. The molecular weight excluding hydrogens is 282 g/mol. The average Bonchev–Trinajstić information content (AvgIpc) is 2.74. The molecule has 3 heterocycles. The Labute approximate surface area is 133 Å². The van der Waals surface area contributed by atoms with Crippen LogP contribution in [-0.2, 0) is 4.74 Å². The zero-order valence-corrected chi connectivity index (χ0v) is 14.1. The summed E-state index contributed by atoms with van der Waals surface area (Å²) in [6.07, 6.45) is 6.32. The largest absolute Gasteiger partial charge is 0.375 e. The molecule has 1 spiro atoms. The summed E-state index contributed by atoms with van der Waals surface area (Å²) < 4.78 is 6.25. The average molecular weight is 314 g/mol. The molecule has 0 amide bonds. The van der Waals surface area contributed by atoms with Gasteiger partial charge in [-0.1, -0.05) is 0 Å². The van der Waals surface area contributed by atoms with Crippen molar-refractivity contribution in [1.29, 1.82) is 0 Å². The molecule has 0 aliphatic carbocycles. The van der Waals surface area contributed by atoms with Gasteiger partial charge in [0.25, 0.3) is 0 Å². The molecule has 0 aromatic carbocycles. The van der Waals surface area contributed by atoms with Crippen LogP contribution in [0.1, 0.15) is 32.1 Å². The molecule has 122 valence electrons. The summed E-state index contributed by atoms with van der Waals surface area (Å²) in [6.45, 7) is 7.71. The maximum Gasteiger partial charge on any atom is 0.0713 e. The van der Waals surface area contributed by atoms with Gasteiger partial charge in [0.15, 0.2) is 0 Å². The molecule has 1 unspecified atom stereocenters. The number of rotatable bonds is 3. The first-order valence-corrected chi connectivity index (χ1v) is 9.85. The van der Waals surface area contributed by atoms with Crippen molar-refractivity contribution < 1.29 is 4.74 Å². The van der Waals surface area contributed by atoms with Crippen LogP contribution < -0.4 is 5.73 Å². The molecule has 0 aromatic rings. The summed E-state index contributed by atoms with van der Waals surface area (Å²) in [7, 11) is 0. The normalized spacial score (nSPS) is 32.1. The number of thioether (sulfide) groups is 1. The van der Waals surface area contributed by atoms with E-state index < -0.39 is 0 Å². The van der Waals surface area contributed by atoms with E-state index in [0.29, 0.717) is 0 Å². The molecule has 0 aromatic heterocycles. The minimum atomic E-state index is 0.220. The molecule has 3 aliphatic rings. The Kier molecular flexibility index (Phi) is 5.85. The second-order valence-electron chi connectivity index (χ2n) is 6.81. The summed E-state index contributed by atoms with van der Waals surface area (Å²) in [5.74, 6) is 2.58. The van der Waals surface area contributed by atoms with Gasteiger partial charge >= 0.3 is 0 Å². The molecule has 0 saturated carbocycles. The number of nitrogens with two attached hydrogens (primary N) is 1. The molecule has 5 heteroatoms. The van der Waals surface area contributed by atoms with Gasteiger partial charge in [-0.15, -0.1) is 0 Å². The van der Waals surface area contributed by atoms with E-state index in [-0.39, 0.29) is 5.60 Å². The van der Waals surface area contributed by atoms with Crippen LogP contribution in [-0.4, -0.2) is 78.8 Å². The van der Waals surface area contributed by atoms with Crippen LogP contribution in [0.5, 0.6) is 0 Å². The summed E-state index contributed by atoms with van der Waals surface area (Å²) >= 11 is 2.10. The van der Waals surface area contributed by atoms with Gasteiger partial charge in [-0.3, -0.25) is 4.90 Å². The van der Waals surface area contributed by atoms with Gasteiger partial charge in [-0.05, 0) is 56.7 Å². The molecule has 3 rings (SSSR count). The molecule has 0 bridgehead atoms. The van der Waals surface area contributed by atoms with Crippen molar-refractivity contribution in [1.82, 2.24) is 9.80 Å². The first kappa shape index (κ1) is 16.1. The maximum absolute atomic E-state index is 6.25. The highest BCUT2D eigenvalue weighted by molar-refractivity contribution is 7.99. The third kappa shape index (κ3) is 4.14. The van der Waals surface area contributed by atoms with Gasteiger partial charge in [0.2, 0.25) is 0 Å². The van der Waals surface area contributed by atoms with E-state index in [1.165, 1.54) is 69.8 Å². The van der Waals surface area contributed by atoms with Gasteiger partial charge in [0.1, 0.15) is 0 Å². The van der Waals surface area contributed by atoms with Crippen LogP contribution in [0.4, 0.5) is 0 Å². The van der Waals surface area contributed by atoms with Crippen molar-refractivity contribution in [3.05, 3.63) is 0 Å². The zero-order chi connectivity index (χ0) is 14.5. The highest BCUT2D eigenvalue weighted by Gasteiger charge is 2.40. The fourth-order valence-electron chi connectivity index (χ4n) is 4.17. The number of hydrogen-bond donors (Lipinski definition) is 1. The maximum atomic E-state index is 6.25. The minimum absolute atomic E-state index is 0.220. The molecule has 21 heavy (non-hydrogen) atoms. The van der Waals surface area contributed by atoms with Crippen LogP contribution in [0, 0.1) is 0 Å². The monoisotopic (exact) mass is 313 g/mol. The van der Waals surface area contributed by atoms with E-state index >= 15 is 0 Å². The van der Waals surface area contributed by atoms with Gasteiger partial charge in [0.05, 0.1) is 5.60 Å². The molecule has 2 N–H and O–H groups in total. The molecule has 0 radical (unpaired) electrons. The molecule has 3 saturated heterocycles. The lowest BCUT2D eigenvalue weighted by molar-refractivity contribution is -0.110. The van der Waals surface area contributed by atoms with Crippen molar-refractivity contribution >= 4 is 11.8 Å². The lowest BCUT2D eigenvalue weighted by atomic mass is 9.85. The van der Waals surface area contributed by atoms with Crippen LogP contribution in [0.15, 0.2) is 0 Å². The second-order valence-corrected chi connectivity index (χ2v) is 8.04. The summed E-state index contributed by atoms with van der Waals surface area (Å²) in [5.41, 5.74) is 5.93. The Morgan fingerprint density at radius 1 is 1.14 bits per heavy atom. The third-order valence-electron chi connectivity index (χ3n) is 5.46. The van der Waals surface area contributed by atoms with Crippen LogP contribution in [0.2, 0.25) is 0 Å². The molecule has 3 fully saturated rings. The van der Waals surface area contributed by atoms with E-state index in [1.54, 1.807) is 0 Å². The first-order chi connectivity index (χ1) is 10.3. The molecule has 4 nitrogen and oxygen atoms in total. The number of ether oxygens (including phenoxy) is 1. The van der Waals surface area contributed by atoms with Crippen molar-refractivity contribution in [2.24, 2.45) is 5.73 Å². The van der Waals surface area contributed by atoms with E-state index in [0.717, 1.165) is 25.7 Å². The van der Waals surface area contributed by atoms with Gasteiger partial charge in [-0.25, -0.2) is 0 Å². The fourth-order valence-corrected chi connectivity index (χ4v) is 5.40. The predicted octanol–water partition coefficient (Wildman–Crippen LogP) is 1.40. The lowest BCUT2D eigenvalue weighted by Gasteiger charge is -2.46. The smallest absolute Gasteiger partial charge is 0.0713 e. The predicted molar refractivity (Wildman–Crippen MR) is 89.9 cm³/mol. The quantitative estimate of drug-likeness (QED) is 0.853. The van der Waals surface area contributed by atoms with Crippen molar-refractivity contribution in [3.8, 4) is 0 Å². The minimum Gasteiger partial charge on any atom is -0.375 e. The highest BCUT2D eigenvalue weighted by atomic mass is 32.2. The van der Waals surface area contributed by atoms with E-state index in [4.69, 9.17) is 10.5 Å². The molecule has 3 aliphatic heterocycles. The first-order valence-electron chi connectivity index (χ1n) is 8.69. The van der Waals surface area contributed by atoms with Crippen molar-refractivity contribution in [2.45, 2.75) is 43.7 Å². The van der Waals surface area contributed by atoms with Crippen LogP contribution in [0.3, 0.4) is 0 Å². The topological polar surface area (TPSA) is 41.7 Å². The summed E-state index contributed by atoms with van der Waals surface area (Å²) in [6, 6.07) is 0.750. The second kappa shape index (κ2) is 7.64. The summed E-state index contributed by atoms with van der Waals surface area (Å²) in [4.78, 5) is 5.29. The Morgan fingerprint density at radius 3 is 2.81 bits per heavy atom. The van der Waals surface area contributed by atoms with Crippen LogP contribution >= 0.6 is 11.8 Å². The van der Waals surface area contributed by atoms with E-state index in [2.05, 4.69) is 21.6 Å². The number of hydrogen-bond acceptors (Lipinski definition) is 5. The molecule has 1 atom stereocenters.